The van der Waals surface area contributed by atoms with Gasteiger partial charge in [-0.3, -0.25) is 4.79 Å². The molecule has 2 heterocycles. The van der Waals surface area contributed by atoms with Crippen molar-refractivity contribution >= 4 is 23.4 Å². The first-order valence-corrected chi connectivity index (χ1v) is 10.6. The molecule has 166 valence electrons. The van der Waals surface area contributed by atoms with Crippen LogP contribution in [0.1, 0.15) is 41.6 Å². The van der Waals surface area contributed by atoms with Crippen molar-refractivity contribution in [2.45, 2.75) is 45.2 Å². The van der Waals surface area contributed by atoms with Gasteiger partial charge in [0, 0.05) is 31.4 Å². The zero-order valence-corrected chi connectivity index (χ0v) is 17.6. The van der Waals surface area contributed by atoms with Gasteiger partial charge in [-0.25, -0.2) is 4.98 Å². The van der Waals surface area contributed by atoms with Crippen LogP contribution in [0.2, 0.25) is 0 Å². The van der Waals surface area contributed by atoms with E-state index in [2.05, 4.69) is 25.5 Å². The maximum Gasteiger partial charge on any atom is 0.416 e. The van der Waals surface area contributed by atoms with Crippen LogP contribution in [0.3, 0.4) is 0 Å². The molecular weight excluding hydrogens is 407 g/mol. The van der Waals surface area contributed by atoms with Gasteiger partial charge in [-0.2, -0.15) is 18.2 Å². The van der Waals surface area contributed by atoms with E-state index in [0.717, 1.165) is 61.8 Å². The molecule has 1 fully saturated rings. The number of hydrogen-bond donors (Lipinski definition) is 2. The minimum atomic E-state index is -4.42. The summed E-state index contributed by atoms with van der Waals surface area (Å²) in [5.41, 5.74) is 1.80. The molecular formula is C22H26F3N5O. The Kier molecular flexibility index (Phi) is 5.77. The summed E-state index contributed by atoms with van der Waals surface area (Å²) in [6.07, 6.45) is -0.0578. The first kappa shape index (κ1) is 21.4. The van der Waals surface area contributed by atoms with Gasteiger partial charge in [0.05, 0.1) is 17.2 Å². The SMILES string of the molecule is CNC(=O)[C@@H]1CCCN(c2nc(Nc3ccc(C)c(C(F)(F)F)c3)nc3c2CCC3)C1. The molecule has 0 spiro atoms. The van der Waals surface area contributed by atoms with Crippen molar-refractivity contribution in [3.8, 4) is 0 Å². The van der Waals surface area contributed by atoms with Crippen molar-refractivity contribution in [3.05, 3.63) is 40.6 Å². The molecule has 1 aliphatic carbocycles. The van der Waals surface area contributed by atoms with Crippen LogP contribution in [0.5, 0.6) is 0 Å². The van der Waals surface area contributed by atoms with Gasteiger partial charge < -0.3 is 15.5 Å². The van der Waals surface area contributed by atoms with Gasteiger partial charge in [-0.05, 0) is 56.7 Å². The third-order valence-corrected chi connectivity index (χ3v) is 6.05. The van der Waals surface area contributed by atoms with Crippen molar-refractivity contribution in [2.75, 3.05) is 30.4 Å². The number of carbonyl (C=O) groups is 1. The van der Waals surface area contributed by atoms with E-state index in [4.69, 9.17) is 0 Å². The molecule has 1 aromatic heterocycles. The Hall–Kier alpha value is -2.84. The summed E-state index contributed by atoms with van der Waals surface area (Å²) in [6.45, 7) is 2.81. The smallest absolute Gasteiger partial charge is 0.359 e. The third kappa shape index (κ3) is 4.45. The normalized spacial score (nSPS) is 18.6. The Balaban J connectivity index is 1.65. The molecule has 31 heavy (non-hydrogen) atoms. The lowest BCUT2D eigenvalue weighted by molar-refractivity contribution is -0.138. The highest BCUT2D eigenvalue weighted by Gasteiger charge is 2.33. The highest BCUT2D eigenvalue weighted by Crippen LogP contribution is 2.35. The van der Waals surface area contributed by atoms with E-state index < -0.39 is 11.7 Å². The van der Waals surface area contributed by atoms with E-state index in [0.29, 0.717) is 12.2 Å². The van der Waals surface area contributed by atoms with Gasteiger partial charge in [-0.1, -0.05) is 6.07 Å². The number of amides is 1. The van der Waals surface area contributed by atoms with Gasteiger partial charge in [0.2, 0.25) is 11.9 Å². The van der Waals surface area contributed by atoms with Crippen molar-refractivity contribution in [1.82, 2.24) is 15.3 Å². The molecule has 1 amide bonds. The largest absolute Gasteiger partial charge is 0.416 e. The van der Waals surface area contributed by atoms with Crippen LogP contribution in [0.15, 0.2) is 18.2 Å². The number of nitrogens with zero attached hydrogens (tertiary/aromatic N) is 3. The van der Waals surface area contributed by atoms with Crippen molar-refractivity contribution in [2.24, 2.45) is 5.92 Å². The average molecular weight is 433 g/mol. The van der Waals surface area contributed by atoms with Crippen LogP contribution in [0, 0.1) is 12.8 Å². The monoisotopic (exact) mass is 433 g/mol. The third-order valence-electron chi connectivity index (χ3n) is 6.05. The van der Waals surface area contributed by atoms with Gasteiger partial charge in [0.15, 0.2) is 0 Å². The molecule has 6 nitrogen and oxygen atoms in total. The molecule has 0 saturated carbocycles. The Bertz CT molecular complexity index is 992. The first-order chi connectivity index (χ1) is 14.8. The molecule has 1 atom stereocenters. The summed E-state index contributed by atoms with van der Waals surface area (Å²) in [6, 6.07) is 4.13. The molecule has 9 heteroatoms. The molecule has 1 aromatic carbocycles. The van der Waals surface area contributed by atoms with E-state index in [9.17, 15) is 18.0 Å². The number of benzene rings is 1. The molecule has 2 aliphatic rings. The Morgan fingerprint density at radius 1 is 1.19 bits per heavy atom. The molecule has 0 unspecified atom stereocenters. The van der Waals surface area contributed by atoms with Gasteiger partial charge in [0.1, 0.15) is 5.82 Å². The van der Waals surface area contributed by atoms with Gasteiger partial charge in [-0.15, -0.1) is 0 Å². The Labute approximate surface area is 179 Å². The number of fused-ring (bicyclic) bond motifs is 1. The number of carbonyl (C=O) groups excluding carboxylic acids is 1. The molecule has 2 aromatic rings. The topological polar surface area (TPSA) is 70.2 Å². The summed E-state index contributed by atoms with van der Waals surface area (Å²) in [5.74, 6) is 0.998. The lowest BCUT2D eigenvalue weighted by atomic mass is 9.97. The minimum Gasteiger partial charge on any atom is -0.359 e. The average Bonchev–Trinajstić information content (AvgIpc) is 3.22. The quantitative estimate of drug-likeness (QED) is 0.763. The van der Waals surface area contributed by atoms with Gasteiger partial charge in [0.25, 0.3) is 0 Å². The second-order valence-corrected chi connectivity index (χ2v) is 8.20. The fourth-order valence-corrected chi connectivity index (χ4v) is 4.45. The molecule has 0 radical (unpaired) electrons. The predicted molar refractivity (Wildman–Crippen MR) is 113 cm³/mol. The molecule has 4 rings (SSSR count). The number of alkyl halides is 3. The fourth-order valence-electron chi connectivity index (χ4n) is 4.45. The van der Waals surface area contributed by atoms with Crippen LogP contribution in [-0.4, -0.2) is 36.0 Å². The zero-order chi connectivity index (χ0) is 22.2. The Morgan fingerprint density at radius 2 is 2.00 bits per heavy atom. The number of halogens is 3. The van der Waals surface area contributed by atoms with Gasteiger partial charge >= 0.3 is 6.18 Å². The van der Waals surface area contributed by atoms with E-state index in [1.165, 1.54) is 13.0 Å². The van der Waals surface area contributed by atoms with E-state index in [1.54, 1.807) is 13.1 Å². The number of nitrogens with one attached hydrogen (secondary N) is 2. The highest BCUT2D eigenvalue weighted by atomic mass is 19.4. The number of aromatic nitrogens is 2. The van der Waals surface area contributed by atoms with Crippen LogP contribution in [0.25, 0.3) is 0 Å². The standard InChI is InChI=1S/C22H26F3N5O/c1-13-8-9-15(11-17(13)22(23,24)25)27-21-28-18-7-3-6-16(18)19(29-21)30-10-4-5-14(12-30)20(31)26-2/h8-9,11,14H,3-7,10,12H2,1-2H3,(H,26,31)(H,27,28,29)/t14-/m1/s1. The van der Waals surface area contributed by atoms with E-state index in [-0.39, 0.29) is 23.3 Å². The van der Waals surface area contributed by atoms with E-state index >= 15 is 0 Å². The lowest BCUT2D eigenvalue weighted by Crippen LogP contribution is -2.43. The molecule has 0 bridgehead atoms. The number of hydrogen-bond acceptors (Lipinski definition) is 5. The van der Waals surface area contributed by atoms with Crippen LogP contribution < -0.4 is 15.5 Å². The second kappa shape index (κ2) is 8.36. The van der Waals surface area contributed by atoms with Crippen LogP contribution >= 0.6 is 0 Å². The first-order valence-electron chi connectivity index (χ1n) is 10.6. The predicted octanol–water partition coefficient (Wildman–Crippen LogP) is 4.00. The second-order valence-electron chi connectivity index (χ2n) is 8.20. The molecule has 1 aliphatic heterocycles. The van der Waals surface area contributed by atoms with Crippen molar-refractivity contribution in [1.29, 1.82) is 0 Å². The van der Waals surface area contributed by atoms with Crippen molar-refractivity contribution in [3.63, 3.8) is 0 Å². The van der Waals surface area contributed by atoms with E-state index in [1.807, 2.05) is 0 Å². The van der Waals surface area contributed by atoms with Crippen LogP contribution in [-0.2, 0) is 23.8 Å². The van der Waals surface area contributed by atoms with Crippen molar-refractivity contribution < 1.29 is 18.0 Å². The lowest BCUT2D eigenvalue weighted by Gasteiger charge is -2.34. The maximum absolute atomic E-state index is 13.3. The summed E-state index contributed by atoms with van der Waals surface area (Å²) < 4.78 is 39.9. The fraction of sp³-hybridized carbons (Fsp3) is 0.500. The summed E-state index contributed by atoms with van der Waals surface area (Å²) in [7, 11) is 1.64. The zero-order valence-electron chi connectivity index (χ0n) is 17.6. The number of anilines is 3. The molecule has 2 N–H and O–H groups in total. The summed E-state index contributed by atoms with van der Waals surface area (Å²) in [4.78, 5) is 23.5. The summed E-state index contributed by atoms with van der Waals surface area (Å²) in [5, 5.41) is 5.69. The molecule has 1 saturated heterocycles. The van der Waals surface area contributed by atoms with Crippen LogP contribution in [0.4, 0.5) is 30.6 Å². The Morgan fingerprint density at radius 3 is 2.74 bits per heavy atom. The summed E-state index contributed by atoms with van der Waals surface area (Å²) >= 11 is 0. The highest BCUT2D eigenvalue weighted by molar-refractivity contribution is 5.79. The number of aryl methyl sites for hydroxylation is 2. The maximum atomic E-state index is 13.3. The minimum absolute atomic E-state index is 0.0214. The number of rotatable bonds is 4. The number of piperidine rings is 1.